The monoisotopic (exact) mass is 384 g/mol. The van der Waals surface area contributed by atoms with Crippen LogP contribution in [-0.2, 0) is 10.8 Å². The molecule has 1 aromatic heterocycles. The van der Waals surface area contributed by atoms with E-state index in [9.17, 15) is 4.21 Å². The molecule has 2 N–H and O–H groups in total. The predicted molar refractivity (Wildman–Crippen MR) is 110 cm³/mol. The Balaban J connectivity index is 1.84. The lowest BCUT2D eigenvalue weighted by Gasteiger charge is -2.27. The summed E-state index contributed by atoms with van der Waals surface area (Å²) in [5.74, 6) is 1.41. The third-order valence-corrected chi connectivity index (χ3v) is 7.32. The van der Waals surface area contributed by atoms with Crippen molar-refractivity contribution in [3.8, 4) is 0 Å². The van der Waals surface area contributed by atoms with E-state index < -0.39 is 10.8 Å². The first-order valence-corrected chi connectivity index (χ1v) is 11.2. The Kier molecular flexibility index (Phi) is 7.90. The molecule has 2 rings (SSSR count). The lowest BCUT2D eigenvalue weighted by atomic mass is 10.2. The van der Waals surface area contributed by atoms with Gasteiger partial charge < -0.3 is 10.6 Å². The summed E-state index contributed by atoms with van der Waals surface area (Å²) in [6.07, 6.45) is 2.57. The van der Waals surface area contributed by atoms with E-state index in [4.69, 9.17) is 0 Å². The summed E-state index contributed by atoms with van der Waals surface area (Å²) < 4.78 is 12.0. The van der Waals surface area contributed by atoms with Crippen LogP contribution in [0.1, 0.15) is 44.5 Å². The number of likely N-dealkylation sites (tertiary alicyclic amines) is 1. The molecule has 0 amide bonds. The second-order valence-electron chi connectivity index (χ2n) is 7.32. The summed E-state index contributed by atoms with van der Waals surface area (Å²) in [5, 5.41) is 8.89. The van der Waals surface area contributed by atoms with E-state index in [1.54, 1.807) is 7.05 Å². The van der Waals surface area contributed by atoms with E-state index in [0.29, 0.717) is 18.3 Å². The summed E-state index contributed by atoms with van der Waals surface area (Å²) >= 11 is 1.82. The molecule has 0 bridgehead atoms. The predicted octanol–water partition coefficient (Wildman–Crippen LogP) is 2.60. The first-order valence-electron chi connectivity index (χ1n) is 9.02. The maximum atomic E-state index is 12.1. The van der Waals surface area contributed by atoms with Gasteiger partial charge in [-0.3, -0.25) is 14.1 Å². The molecule has 142 valence electrons. The van der Waals surface area contributed by atoms with Crippen LogP contribution in [0.2, 0.25) is 0 Å². The van der Waals surface area contributed by atoms with Crippen molar-refractivity contribution in [3.05, 3.63) is 22.4 Å². The van der Waals surface area contributed by atoms with Gasteiger partial charge in [-0.05, 0) is 58.1 Å². The number of hydrogen-bond acceptors (Lipinski definition) is 4. The molecule has 1 aliphatic heterocycles. The lowest BCUT2D eigenvalue weighted by molar-refractivity contribution is 0.249. The highest BCUT2D eigenvalue weighted by molar-refractivity contribution is 7.86. The molecule has 25 heavy (non-hydrogen) atoms. The SMILES string of the molecule is CN=C(NCCS(=O)C(C)(C)C)NCC(c1cccs1)N1CCCC1. The zero-order chi connectivity index (χ0) is 18.3. The fourth-order valence-corrected chi connectivity index (χ4v) is 4.69. The van der Waals surface area contributed by atoms with Gasteiger partial charge in [-0.25, -0.2) is 0 Å². The molecule has 2 unspecified atom stereocenters. The topological polar surface area (TPSA) is 56.7 Å². The first-order chi connectivity index (χ1) is 11.9. The molecule has 1 aliphatic rings. The minimum atomic E-state index is -0.847. The van der Waals surface area contributed by atoms with Gasteiger partial charge in [0.2, 0.25) is 0 Å². The normalized spacial score (nSPS) is 19.0. The molecule has 0 radical (unpaired) electrons. The smallest absolute Gasteiger partial charge is 0.191 e. The Morgan fingerprint density at radius 2 is 2.08 bits per heavy atom. The lowest BCUT2D eigenvalue weighted by Crippen LogP contribution is -2.44. The molecular formula is C18H32N4OS2. The third-order valence-electron chi connectivity index (χ3n) is 4.40. The van der Waals surface area contributed by atoms with Crippen molar-refractivity contribution in [2.24, 2.45) is 4.99 Å². The average Bonchev–Trinajstić information content (AvgIpc) is 3.26. The Labute approximate surface area is 158 Å². The highest BCUT2D eigenvalue weighted by atomic mass is 32.2. The van der Waals surface area contributed by atoms with Crippen molar-refractivity contribution in [2.45, 2.75) is 44.4 Å². The van der Waals surface area contributed by atoms with Gasteiger partial charge in [-0.15, -0.1) is 11.3 Å². The number of aliphatic imine (C=N–C) groups is 1. The molecule has 1 fully saturated rings. The summed E-state index contributed by atoms with van der Waals surface area (Å²) in [5.41, 5.74) is 0. The summed E-state index contributed by atoms with van der Waals surface area (Å²) in [6, 6.07) is 4.74. The molecule has 0 aromatic carbocycles. The van der Waals surface area contributed by atoms with Gasteiger partial charge in [-0.1, -0.05) is 6.07 Å². The van der Waals surface area contributed by atoms with Crippen molar-refractivity contribution >= 4 is 28.1 Å². The van der Waals surface area contributed by atoms with Gasteiger partial charge in [0, 0.05) is 46.3 Å². The van der Waals surface area contributed by atoms with Crippen LogP contribution in [0.15, 0.2) is 22.5 Å². The molecule has 5 nitrogen and oxygen atoms in total. The standard InChI is InChI=1S/C18H32N4OS2/c1-18(2,3)25(23)13-9-20-17(19-4)21-14-15(16-8-7-12-24-16)22-10-5-6-11-22/h7-8,12,15H,5-6,9-11,13-14H2,1-4H3,(H2,19,20,21). The Hall–Kier alpha value is -0.920. The second-order valence-corrected chi connectivity index (χ2v) is 10.6. The molecule has 0 saturated carbocycles. The molecular weight excluding hydrogens is 352 g/mol. The van der Waals surface area contributed by atoms with Gasteiger partial charge in [0.15, 0.2) is 5.96 Å². The fraction of sp³-hybridized carbons (Fsp3) is 0.722. The van der Waals surface area contributed by atoms with Gasteiger partial charge in [-0.2, -0.15) is 0 Å². The summed E-state index contributed by atoms with van der Waals surface area (Å²) in [6.45, 7) is 9.87. The number of nitrogens with zero attached hydrogens (tertiary/aromatic N) is 2. The van der Waals surface area contributed by atoms with Crippen LogP contribution < -0.4 is 10.6 Å². The van der Waals surface area contributed by atoms with E-state index in [2.05, 4.69) is 38.0 Å². The van der Waals surface area contributed by atoms with Crippen LogP contribution >= 0.6 is 11.3 Å². The third kappa shape index (κ3) is 6.38. The van der Waals surface area contributed by atoms with Crippen molar-refractivity contribution in [3.63, 3.8) is 0 Å². The van der Waals surface area contributed by atoms with Crippen LogP contribution in [0, 0.1) is 0 Å². The van der Waals surface area contributed by atoms with Gasteiger partial charge in [0.05, 0.1) is 6.04 Å². The minimum absolute atomic E-state index is 0.168. The van der Waals surface area contributed by atoms with Crippen molar-refractivity contribution in [1.29, 1.82) is 0 Å². The highest BCUT2D eigenvalue weighted by Crippen LogP contribution is 2.27. The summed E-state index contributed by atoms with van der Waals surface area (Å²) in [7, 11) is 0.937. The zero-order valence-corrected chi connectivity index (χ0v) is 17.5. The number of thiophene rings is 1. The van der Waals surface area contributed by atoms with E-state index in [1.165, 1.54) is 30.8 Å². The molecule has 1 aromatic rings. The number of hydrogen-bond donors (Lipinski definition) is 2. The van der Waals surface area contributed by atoms with Crippen LogP contribution in [0.3, 0.4) is 0 Å². The second kappa shape index (κ2) is 9.69. The Morgan fingerprint density at radius 1 is 1.36 bits per heavy atom. The zero-order valence-electron chi connectivity index (χ0n) is 15.9. The highest BCUT2D eigenvalue weighted by Gasteiger charge is 2.24. The Bertz CT molecular complexity index is 560. The van der Waals surface area contributed by atoms with Crippen LogP contribution in [-0.4, -0.2) is 58.8 Å². The number of guanidine groups is 1. The maximum absolute atomic E-state index is 12.1. The maximum Gasteiger partial charge on any atom is 0.191 e. The molecule has 2 atom stereocenters. The quantitative estimate of drug-likeness (QED) is 0.560. The van der Waals surface area contributed by atoms with E-state index >= 15 is 0 Å². The fourth-order valence-electron chi connectivity index (χ4n) is 2.93. The van der Waals surface area contributed by atoms with Crippen LogP contribution in [0.5, 0.6) is 0 Å². The molecule has 2 heterocycles. The Morgan fingerprint density at radius 3 is 2.64 bits per heavy atom. The minimum Gasteiger partial charge on any atom is -0.355 e. The largest absolute Gasteiger partial charge is 0.355 e. The van der Waals surface area contributed by atoms with Crippen molar-refractivity contribution in [2.75, 3.05) is 39.0 Å². The summed E-state index contributed by atoms with van der Waals surface area (Å²) in [4.78, 5) is 8.27. The van der Waals surface area contributed by atoms with E-state index in [1.807, 2.05) is 32.1 Å². The van der Waals surface area contributed by atoms with E-state index in [-0.39, 0.29) is 4.75 Å². The average molecular weight is 385 g/mol. The van der Waals surface area contributed by atoms with E-state index in [0.717, 1.165) is 12.5 Å². The number of rotatable bonds is 7. The molecule has 0 spiro atoms. The first kappa shape index (κ1) is 20.4. The molecule has 0 aliphatic carbocycles. The van der Waals surface area contributed by atoms with Gasteiger partial charge >= 0.3 is 0 Å². The molecule has 1 saturated heterocycles. The van der Waals surface area contributed by atoms with Crippen LogP contribution in [0.4, 0.5) is 0 Å². The van der Waals surface area contributed by atoms with Crippen molar-refractivity contribution in [1.82, 2.24) is 15.5 Å². The van der Waals surface area contributed by atoms with Gasteiger partial charge in [0.1, 0.15) is 0 Å². The van der Waals surface area contributed by atoms with Crippen LogP contribution in [0.25, 0.3) is 0 Å². The van der Waals surface area contributed by atoms with Crippen molar-refractivity contribution < 1.29 is 4.21 Å². The van der Waals surface area contributed by atoms with Gasteiger partial charge in [0.25, 0.3) is 0 Å². The molecule has 7 heteroatoms. The number of nitrogens with one attached hydrogen (secondary N) is 2.